The first-order chi connectivity index (χ1) is 12.2. The van der Waals surface area contributed by atoms with Gasteiger partial charge < -0.3 is 9.88 Å². The summed E-state index contributed by atoms with van der Waals surface area (Å²) in [7, 11) is 0. The van der Waals surface area contributed by atoms with Gasteiger partial charge in [-0.25, -0.2) is 4.98 Å². The van der Waals surface area contributed by atoms with Gasteiger partial charge in [0.15, 0.2) is 0 Å². The summed E-state index contributed by atoms with van der Waals surface area (Å²) in [5, 5.41) is 7.30. The number of nitrogens with one attached hydrogen (secondary N) is 1. The maximum atomic E-state index is 12.0. The minimum atomic E-state index is 0.0339. The summed E-state index contributed by atoms with van der Waals surface area (Å²) >= 11 is 0. The van der Waals surface area contributed by atoms with E-state index in [0.29, 0.717) is 19.5 Å². The number of aromatic nitrogens is 4. The van der Waals surface area contributed by atoms with E-state index in [-0.39, 0.29) is 5.91 Å². The predicted octanol–water partition coefficient (Wildman–Crippen LogP) is 2.40. The molecule has 25 heavy (non-hydrogen) atoms. The molecule has 0 bridgehead atoms. The number of nitrogens with zero attached hydrogens (tertiary/aromatic N) is 4. The van der Waals surface area contributed by atoms with Crippen LogP contribution in [0.4, 0.5) is 0 Å². The van der Waals surface area contributed by atoms with Crippen molar-refractivity contribution in [2.75, 3.05) is 0 Å². The molecule has 0 spiro atoms. The molecule has 1 amide bonds. The second-order valence-electron chi connectivity index (χ2n) is 5.95. The van der Waals surface area contributed by atoms with Crippen LogP contribution < -0.4 is 5.32 Å². The zero-order valence-corrected chi connectivity index (χ0v) is 14.4. The molecule has 0 unspecified atom stereocenters. The van der Waals surface area contributed by atoms with Crippen molar-refractivity contribution in [1.82, 2.24) is 24.6 Å². The Morgan fingerprint density at radius 3 is 2.84 bits per heavy atom. The molecule has 0 aliphatic rings. The molecule has 0 radical (unpaired) electrons. The topological polar surface area (TPSA) is 64.7 Å². The highest BCUT2D eigenvalue weighted by molar-refractivity contribution is 5.75. The van der Waals surface area contributed by atoms with Crippen LogP contribution >= 0.6 is 0 Å². The van der Waals surface area contributed by atoms with Crippen LogP contribution in [0.2, 0.25) is 0 Å². The molecule has 6 heteroatoms. The zero-order chi connectivity index (χ0) is 17.5. The summed E-state index contributed by atoms with van der Waals surface area (Å²) in [5.74, 6) is 1.04. The number of carbonyl (C=O) groups is 1. The maximum absolute atomic E-state index is 12.0. The first-order valence-electron chi connectivity index (χ1n) is 8.56. The average Bonchev–Trinajstić information content (AvgIpc) is 3.28. The molecule has 0 aliphatic heterocycles. The van der Waals surface area contributed by atoms with Crippen LogP contribution in [0.15, 0.2) is 55.1 Å². The van der Waals surface area contributed by atoms with E-state index in [1.54, 1.807) is 12.4 Å². The van der Waals surface area contributed by atoms with E-state index >= 15 is 0 Å². The van der Waals surface area contributed by atoms with Gasteiger partial charge in [0, 0.05) is 50.1 Å². The Morgan fingerprint density at radius 2 is 2.04 bits per heavy atom. The molecule has 2 heterocycles. The van der Waals surface area contributed by atoms with Gasteiger partial charge in [-0.2, -0.15) is 5.10 Å². The van der Waals surface area contributed by atoms with Gasteiger partial charge in [-0.05, 0) is 5.56 Å². The molecule has 6 nitrogen and oxygen atoms in total. The fraction of sp³-hybridized carbons (Fsp3) is 0.316. The summed E-state index contributed by atoms with van der Waals surface area (Å²) < 4.78 is 3.91. The molecule has 0 atom stereocenters. The van der Waals surface area contributed by atoms with Crippen LogP contribution in [0.1, 0.15) is 30.3 Å². The van der Waals surface area contributed by atoms with Gasteiger partial charge in [-0.3, -0.25) is 9.48 Å². The second kappa shape index (κ2) is 8.28. The molecule has 130 valence electrons. The van der Waals surface area contributed by atoms with Crippen LogP contribution in [-0.4, -0.2) is 25.2 Å². The smallest absolute Gasteiger partial charge is 0.222 e. The molecule has 0 fully saturated rings. The van der Waals surface area contributed by atoms with Crippen molar-refractivity contribution in [2.24, 2.45) is 0 Å². The minimum Gasteiger partial charge on any atom is -0.352 e. The number of imidazole rings is 1. The molecule has 3 rings (SSSR count). The number of aryl methyl sites for hydroxylation is 2. The molecular weight excluding hydrogens is 314 g/mol. The van der Waals surface area contributed by atoms with E-state index < -0.39 is 0 Å². The van der Waals surface area contributed by atoms with Gasteiger partial charge >= 0.3 is 0 Å². The summed E-state index contributed by atoms with van der Waals surface area (Å²) in [5.41, 5.74) is 2.20. The Balaban J connectivity index is 1.45. The number of hydrogen-bond donors (Lipinski definition) is 1. The number of amides is 1. The van der Waals surface area contributed by atoms with Crippen LogP contribution in [0.5, 0.6) is 0 Å². The van der Waals surface area contributed by atoms with Gasteiger partial charge in [0.1, 0.15) is 5.82 Å². The predicted molar refractivity (Wildman–Crippen MR) is 95.8 cm³/mol. The number of rotatable bonds is 8. The molecule has 1 N–H and O–H groups in total. The van der Waals surface area contributed by atoms with E-state index in [1.807, 2.05) is 39.8 Å². The van der Waals surface area contributed by atoms with E-state index in [2.05, 4.69) is 34.5 Å². The summed E-state index contributed by atoms with van der Waals surface area (Å²) in [6, 6.07) is 10.2. The van der Waals surface area contributed by atoms with Crippen LogP contribution in [0.25, 0.3) is 0 Å². The lowest BCUT2D eigenvalue weighted by atomic mass is 10.2. The monoisotopic (exact) mass is 337 g/mol. The summed E-state index contributed by atoms with van der Waals surface area (Å²) in [6.45, 7) is 3.95. The fourth-order valence-electron chi connectivity index (χ4n) is 2.72. The largest absolute Gasteiger partial charge is 0.352 e. The number of benzene rings is 1. The van der Waals surface area contributed by atoms with Crippen LogP contribution in [0.3, 0.4) is 0 Å². The Hall–Kier alpha value is -2.89. The van der Waals surface area contributed by atoms with Gasteiger partial charge in [-0.15, -0.1) is 0 Å². The van der Waals surface area contributed by atoms with Gasteiger partial charge in [0.25, 0.3) is 0 Å². The lowest BCUT2D eigenvalue weighted by Crippen LogP contribution is -2.24. The zero-order valence-electron chi connectivity index (χ0n) is 14.4. The van der Waals surface area contributed by atoms with Gasteiger partial charge in [0.05, 0.1) is 12.7 Å². The Kier molecular flexibility index (Phi) is 5.61. The normalized spacial score (nSPS) is 10.8. The Bertz CT molecular complexity index is 806. The molecule has 0 saturated carbocycles. The van der Waals surface area contributed by atoms with Crippen molar-refractivity contribution < 1.29 is 4.79 Å². The maximum Gasteiger partial charge on any atom is 0.222 e. The van der Waals surface area contributed by atoms with Crippen molar-refractivity contribution in [1.29, 1.82) is 0 Å². The van der Waals surface area contributed by atoms with Gasteiger partial charge in [0.2, 0.25) is 5.91 Å². The third-order valence-corrected chi connectivity index (χ3v) is 4.06. The van der Waals surface area contributed by atoms with Gasteiger partial charge in [-0.1, -0.05) is 37.3 Å². The Labute approximate surface area is 147 Å². The summed E-state index contributed by atoms with van der Waals surface area (Å²) in [6.07, 6.45) is 8.78. The van der Waals surface area contributed by atoms with Crippen molar-refractivity contribution >= 4 is 5.91 Å². The van der Waals surface area contributed by atoms with Crippen molar-refractivity contribution in [2.45, 2.75) is 39.4 Å². The first kappa shape index (κ1) is 17.0. The standard InChI is InChI=1S/C19H23N5O/c1-2-18-20-9-11-23(18)10-8-19(25)21-12-17-13-22-24(15-17)14-16-6-4-3-5-7-16/h3-7,9,11,13,15H,2,8,10,12,14H2,1H3,(H,21,25). The van der Waals surface area contributed by atoms with E-state index in [4.69, 9.17) is 0 Å². The third kappa shape index (κ3) is 4.79. The Morgan fingerprint density at radius 1 is 1.20 bits per heavy atom. The van der Waals surface area contributed by atoms with E-state index in [0.717, 1.165) is 24.4 Å². The van der Waals surface area contributed by atoms with E-state index in [9.17, 15) is 4.79 Å². The molecule has 0 aliphatic carbocycles. The lowest BCUT2D eigenvalue weighted by Gasteiger charge is -2.07. The highest BCUT2D eigenvalue weighted by Gasteiger charge is 2.06. The van der Waals surface area contributed by atoms with E-state index in [1.165, 1.54) is 5.56 Å². The first-order valence-corrected chi connectivity index (χ1v) is 8.56. The minimum absolute atomic E-state index is 0.0339. The number of hydrogen-bond acceptors (Lipinski definition) is 3. The van der Waals surface area contributed by atoms with Crippen molar-refractivity contribution in [3.63, 3.8) is 0 Å². The van der Waals surface area contributed by atoms with Crippen LogP contribution in [-0.2, 0) is 30.8 Å². The highest BCUT2D eigenvalue weighted by atomic mass is 16.1. The molecule has 0 saturated heterocycles. The SMILES string of the molecule is CCc1nccn1CCC(=O)NCc1cnn(Cc2ccccc2)c1. The number of carbonyl (C=O) groups excluding carboxylic acids is 1. The molecule has 3 aromatic rings. The molecule has 1 aromatic carbocycles. The second-order valence-corrected chi connectivity index (χ2v) is 5.95. The fourth-order valence-corrected chi connectivity index (χ4v) is 2.72. The summed E-state index contributed by atoms with van der Waals surface area (Å²) in [4.78, 5) is 16.3. The third-order valence-electron chi connectivity index (χ3n) is 4.06. The average molecular weight is 337 g/mol. The van der Waals surface area contributed by atoms with Crippen molar-refractivity contribution in [3.8, 4) is 0 Å². The van der Waals surface area contributed by atoms with Crippen molar-refractivity contribution in [3.05, 3.63) is 72.1 Å². The quantitative estimate of drug-likeness (QED) is 0.686. The molecular formula is C19H23N5O. The lowest BCUT2D eigenvalue weighted by molar-refractivity contribution is -0.121. The molecule has 2 aromatic heterocycles. The highest BCUT2D eigenvalue weighted by Crippen LogP contribution is 2.04. The van der Waals surface area contributed by atoms with Crippen LogP contribution in [0, 0.1) is 0 Å².